The van der Waals surface area contributed by atoms with E-state index in [1.54, 1.807) is 12.1 Å². The maximum absolute atomic E-state index is 11.6. The van der Waals surface area contributed by atoms with Crippen LogP contribution in [0, 0.1) is 6.92 Å². The van der Waals surface area contributed by atoms with E-state index < -0.39 is 10.0 Å². The van der Waals surface area contributed by atoms with E-state index in [4.69, 9.17) is 21.7 Å². The molecule has 1 aliphatic heterocycles. The average molecular weight is 578 g/mol. The monoisotopic (exact) mass is 577 g/mol. The number of rotatable bonds is 5. The molecule has 3 rings (SSSR count). The number of guanidine groups is 1. The van der Waals surface area contributed by atoms with Crippen molar-refractivity contribution in [3.05, 3.63) is 58.6 Å². The fraction of sp³-hybridized carbons (Fsp3) is 0.381. The number of primary sulfonamides is 1. The Morgan fingerprint density at radius 1 is 1.16 bits per heavy atom. The molecular formula is C21H29ClIN5O2S. The molecule has 0 unspecified atom stereocenters. The summed E-state index contributed by atoms with van der Waals surface area (Å²) in [6.45, 7) is 8.65. The van der Waals surface area contributed by atoms with Gasteiger partial charge in [0, 0.05) is 43.4 Å². The van der Waals surface area contributed by atoms with Crippen molar-refractivity contribution >= 4 is 57.2 Å². The molecule has 0 spiro atoms. The number of nitrogens with zero attached hydrogens (tertiary/aromatic N) is 3. The fourth-order valence-electron chi connectivity index (χ4n) is 3.50. The maximum atomic E-state index is 11.6. The topological polar surface area (TPSA) is 91.0 Å². The van der Waals surface area contributed by atoms with E-state index >= 15 is 0 Å². The van der Waals surface area contributed by atoms with Gasteiger partial charge in [0.25, 0.3) is 0 Å². The summed E-state index contributed by atoms with van der Waals surface area (Å²) in [7, 11) is -3.72. The number of nitrogens with two attached hydrogens (primary N) is 1. The lowest BCUT2D eigenvalue weighted by Gasteiger charge is -2.38. The van der Waals surface area contributed by atoms with Crippen LogP contribution in [0.5, 0.6) is 0 Å². The smallest absolute Gasteiger partial charge is 0.238 e. The molecule has 1 heterocycles. The number of hydrogen-bond acceptors (Lipinski definition) is 4. The summed E-state index contributed by atoms with van der Waals surface area (Å²) in [6.07, 6.45) is 0. The summed E-state index contributed by atoms with van der Waals surface area (Å²) >= 11 is 6.18. The highest BCUT2D eigenvalue weighted by molar-refractivity contribution is 14.0. The molecule has 0 bridgehead atoms. The molecule has 170 valence electrons. The lowest BCUT2D eigenvalue weighted by atomic mass is 10.1. The third-order valence-corrected chi connectivity index (χ3v) is 6.21. The number of nitrogens with one attached hydrogen (secondary N) is 1. The Morgan fingerprint density at radius 3 is 2.52 bits per heavy atom. The normalized spacial score (nSPS) is 14.9. The first-order valence-corrected chi connectivity index (χ1v) is 11.9. The Bertz CT molecular complexity index is 1020. The third-order valence-electron chi connectivity index (χ3n) is 5.06. The van der Waals surface area contributed by atoms with E-state index in [1.165, 1.54) is 17.3 Å². The van der Waals surface area contributed by atoms with Crippen LogP contribution in [-0.4, -0.2) is 52.0 Å². The molecule has 0 atom stereocenters. The number of piperazine rings is 1. The molecule has 7 nitrogen and oxygen atoms in total. The van der Waals surface area contributed by atoms with Crippen LogP contribution in [0.2, 0.25) is 5.02 Å². The minimum absolute atomic E-state index is 0. The quantitative estimate of drug-likeness (QED) is 0.324. The summed E-state index contributed by atoms with van der Waals surface area (Å²) in [6, 6.07) is 12.6. The van der Waals surface area contributed by atoms with Crippen molar-refractivity contribution in [1.29, 1.82) is 0 Å². The lowest BCUT2D eigenvalue weighted by molar-refractivity contribution is 0.372. The lowest BCUT2D eigenvalue weighted by Crippen LogP contribution is -2.52. The number of halogens is 2. The van der Waals surface area contributed by atoms with E-state index in [-0.39, 0.29) is 28.9 Å². The van der Waals surface area contributed by atoms with Crippen molar-refractivity contribution in [2.45, 2.75) is 25.3 Å². The molecule has 1 saturated heterocycles. The van der Waals surface area contributed by atoms with Crippen LogP contribution in [0.15, 0.2) is 52.4 Å². The van der Waals surface area contributed by atoms with Crippen molar-refractivity contribution in [3.8, 4) is 0 Å². The summed E-state index contributed by atoms with van der Waals surface area (Å²) < 4.78 is 23.1. The number of sulfonamides is 1. The van der Waals surface area contributed by atoms with Crippen molar-refractivity contribution < 1.29 is 8.42 Å². The Hall–Kier alpha value is -1.56. The molecule has 0 saturated carbocycles. The maximum Gasteiger partial charge on any atom is 0.238 e. The first-order valence-electron chi connectivity index (χ1n) is 9.94. The summed E-state index contributed by atoms with van der Waals surface area (Å²) in [5.74, 6) is 0.820. The van der Waals surface area contributed by atoms with Gasteiger partial charge in [-0.1, -0.05) is 29.8 Å². The molecule has 1 fully saturated rings. The van der Waals surface area contributed by atoms with Crippen LogP contribution >= 0.6 is 35.6 Å². The van der Waals surface area contributed by atoms with Crippen molar-refractivity contribution in [2.24, 2.45) is 10.1 Å². The summed E-state index contributed by atoms with van der Waals surface area (Å²) in [5.41, 5.74) is 3.18. The fourth-order valence-corrected chi connectivity index (χ4v) is 4.25. The van der Waals surface area contributed by atoms with Gasteiger partial charge in [0.15, 0.2) is 5.96 Å². The Kier molecular flexibility index (Phi) is 9.41. The van der Waals surface area contributed by atoms with Crippen molar-refractivity contribution in [1.82, 2.24) is 10.2 Å². The van der Waals surface area contributed by atoms with Crippen LogP contribution in [0.1, 0.15) is 18.1 Å². The molecule has 31 heavy (non-hydrogen) atoms. The average Bonchev–Trinajstić information content (AvgIpc) is 2.73. The molecule has 2 aromatic rings. The van der Waals surface area contributed by atoms with Gasteiger partial charge >= 0.3 is 0 Å². The van der Waals surface area contributed by atoms with Gasteiger partial charge in [0.05, 0.1) is 11.4 Å². The zero-order valence-corrected chi connectivity index (χ0v) is 21.6. The Labute approximate surface area is 206 Å². The van der Waals surface area contributed by atoms with Crippen molar-refractivity contribution in [3.63, 3.8) is 0 Å². The number of benzene rings is 2. The van der Waals surface area contributed by atoms with E-state index in [1.807, 2.05) is 31.2 Å². The van der Waals surface area contributed by atoms with Gasteiger partial charge in [-0.25, -0.2) is 18.5 Å². The van der Waals surface area contributed by atoms with Crippen LogP contribution in [0.4, 0.5) is 5.69 Å². The molecule has 1 aliphatic rings. The van der Waals surface area contributed by atoms with Crippen molar-refractivity contribution in [2.75, 3.05) is 37.6 Å². The van der Waals surface area contributed by atoms with Crippen LogP contribution < -0.4 is 15.4 Å². The van der Waals surface area contributed by atoms with Crippen LogP contribution in [0.3, 0.4) is 0 Å². The van der Waals surface area contributed by atoms with Crippen LogP contribution in [-0.2, 0) is 16.6 Å². The second kappa shape index (κ2) is 11.3. The zero-order chi connectivity index (χ0) is 21.7. The first-order chi connectivity index (χ1) is 14.3. The SMILES string of the molecule is CCNC(=NCc1cccc(S(N)(=O)=O)c1)N1CCN(c2cc(Cl)ccc2C)CC1.I. The Balaban J connectivity index is 0.00000341. The number of aryl methyl sites for hydroxylation is 1. The molecule has 3 N–H and O–H groups in total. The number of aliphatic imine (C=N–C) groups is 1. The predicted molar refractivity (Wildman–Crippen MR) is 138 cm³/mol. The van der Waals surface area contributed by atoms with E-state index in [0.717, 1.165) is 49.3 Å². The highest BCUT2D eigenvalue weighted by Crippen LogP contribution is 2.25. The van der Waals surface area contributed by atoms with Gasteiger partial charge in [0.2, 0.25) is 10.0 Å². The Morgan fingerprint density at radius 2 is 1.87 bits per heavy atom. The highest BCUT2D eigenvalue weighted by Gasteiger charge is 2.21. The molecule has 0 radical (unpaired) electrons. The minimum atomic E-state index is -3.72. The van der Waals surface area contributed by atoms with Crippen LogP contribution in [0.25, 0.3) is 0 Å². The second-order valence-corrected chi connectivity index (χ2v) is 9.27. The van der Waals surface area contributed by atoms with Gasteiger partial charge in [-0.3, -0.25) is 0 Å². The zero-order valence-electron chi connectivity index (χ0n) is 17.7. The number of anilines is 1. The van der Waals surface area contributed by atoms with Gasteiger partial charge in [-0.2, -0.15) is 0 Å². The molecule has 0 aliphatic carbocycles. The molecular weight excluding hydrogens is 549 g/mol. The molecule has 0 aromatic heterocycles. The second-order valence-electron chi connectivity index (χ2n) is 7.27. The van der Waals surface area contributed by atoms with Gasteiger partial charge in [-0.05, 0) is 49.2 Å². The highest BCUT2D eigenvalue weighted by atomic mass is 127. The van der Waals surface area contributed by atoms with Gasteiger partial charge in [-0.15, -0.1) is 24.0 Å². The van der Waals surface area contributed by atoms with Gasteiger partial charge in [0.1, 0.15) is 0 Å². The standard InChI is InChI=1S/C21H28ClN5O2S.HI/c1-3-24-21(25-15-17-5-4-6-19(13-17)30(23,28)29)27-11-9-26(10-12-27)20-14-18(22)8-7-16(20)2;/h4-8,13-14H,3,9-12,15H2,1-2H3,(H,24,25)(H2,23,28,29);1H. The number of hydrogen-bond donors (Lipinski definition) is 2. The molecule has 0 amide bonds. The van der Waals surface area contributed by atoms with E-state index in [0.29, 0.717) is 6.54 Å². The van der Waals surface area contributed by atoms with Gasteiger partial charge < -0.3 is 15.1 Å². The predicted octanol–water partition coefficient (Wildman–Crippen LogP) is 3.20. The third kappa shape index (κ3) is 6.96. The molecule has 2 aromatic carbocycles. The van der Waals surface area contributed by atoms with E-state index in [9.17, 15) is 8.42 Å². The summed E-state index contributed by atoms with van der Waals surface area (Å²) in [5, 5.41) is 9.31. The first kappa shape index (κ1) is 25.7. The van der Waals surface area contributed by atoms with E-state index in [2.05, 4.69) is 22.0 Å². The summed E-state index contributed by atoms with van der Waals surface area (Å²) in [4.78, 5) is 9.39. The minimum Gasteiger partial charge on any atom is -0.368 e. The largest absolute Gasteiger partial charge is 0.368 e. The molecule has 10 heteroatoms.